The van der Waals surface area contributed by atoms with Gasteiger partial charge < -0.3 is 15.5 Å². The molecule has 0 aliphatic heterocycles. The van der Waals surface area contributed by atoms with Gasteiger partial charge in [0, 0.05) is 12.0 Å². The third kappa shape index (κ3) is 5.80. The minimum atomic E-state index is -1.15. The number of hydrogen-bond donors (Lipinski definition) is 3. The Bertz CT molecular complexity index is 285. The topological polar surface area (TPSA) is 69.6 Å². The number of aliphatic hydroxyl groups excluding tert-OH is 2. The highest BCUT2D eigenvalue weighted by Crippen LogP contribution is 2.27. The Kier molecular flexibility index (Phi) is 7.52. The Balaban J connectivity index is 2.09. The fraction of sp³-hybridized carbons (Fsp3) is 0.938. The van der Waals surface area contributed by atoms with Crippen molar-refractivity contribution in [2.24, 2.45) is 11.3 Å². The van der Waals surface area contributed by atoms with Crippen LogP contribution in [0.2, 0.25) is 0 Å². The molecule has 0 saturated heterocycles. The molecule has 1 aliphatic carbocycles. The lowest BCUT2D eigenvalue weighted by Gasteiger charge is -2.27. The summed E-state index contributed by atoms with van der Waals surface area (Å²) in [5.41, 5.74) is -0.786. The van der Waals surface area contributed by atoms with E-state index in [1.807, 2.05) is 0 Å². The monoisotopic (exact) mass is 285 g/mol. The fourth-order valence-electron chi connectivity index (χ4n) is 2.78. The third-order valence-corrected chi connectivity index (χ3v) is 4.46. The van der Waals surface area contributed by atoms with Crippen molar-refractivity contribution in [3.05, 3.63) is 0 Å². The Morgan fingerprint density at radius 2 is 1.90 bits per heavy atom. The second-order valence-corrected chi connectivity index (χ2v) is 6.84. The zero-order valence-electron chi connectivity index (χ0n) is 13.0. The lowest BCUT2D eigenvalue weighted by atomic mass is 9.86. The molecule has 118 valence electrons. The number of nitrogens with one attached hydrogen (secondary N) is 1. The van der Waals surface area contributed by atoms with Crippen LogP contribution in [-0.4, -0.2) is 35.4 Å². The summed E-state index contributed by atoms with van der Waals surface area (Å²) in [5, 5.41) is 21.7. The zero-order chi connectivity index (χ0) is 15.0. The molecule has 1 rings (SSSR count). The molecule has 3 N–H and O–H groups in total. The highest BCUT2D eigenvalue weighted by atomic mass is 16.3. The molecule has 20 heavy (non-hydrogen) atoms. The van der Waals surface area contributed by atoms with Crippen LogP contribution in [0.1, 0.15) is 65.2 Å². The smallest absolute Gasteiger partial charge is 0.249 e. The number of aliphatic hydroxyl groups is 2. The summed E-state index contributed by atoms with van der Waals surface area (Å²) in [7, 11) is 0. The van der Waals surface area contributed by atoms with Gasteiger partial charge in [0.2, 0.25) is 5.91 Å². The molecule has 4 heteroatoms. The van der Waals surface area contributed by atoms with Crippen molar-refractivity contribution in [1.29, 1.82) is 0 Å². The first-order valence-electron chi connectivity index (χ1n) is 8.04. The fourth-order valence-corrected chi connectivity index (χ4v) is 2.78. The predicted molar refractivity (Wildman–Crippen MR) is 80.3 cm³/mol. The molecule has 0 aromatic heterocycles. The molecule has 0 spiro atoms. The Labute approximate surface area is 123 Å². The van der Waals surface area contributed by atoms with Crippen LogP contribution in [0.25, 0.3) is 0 Å². The molecule has 0 aromatic carbocycles. The van der Waals surface area contributed by atoms with Gasteiger partial charge >= 0.3 is 0 Å². The van der Waals surface area contributed by atoms with E-state index in [9.17, 15) is 9.90 Å². The van der Waals surface area contributed by atoms with Crippen LogP contribution in [0.15, 0.2) is 0 Å². The van der Waals surface area contributed by atoms with Gasteiger partial charge in [-0.15, -0.1) is 0 Å². The van der Waals surface area contributed by atoms with Gasteiger partial charge in [-0.05, 0) is 12.3 Å². The number of carbonyl (C=O) groups excluding carboxylic acids is 1. The van der Waals surface area contributed by atoms with E-state index in [4.69, 9.17) is 5.11 Å². The molecule has 1 unspecified atom stereocenters. The van der Waals surface area contributed by atoms with E-state index in [0.717, 1.165) is 18.8 Å². The molecule has 1 saturated carbocycles. The molecule has 1 fully saturated rings. The Morgan fingerprint density at radius 3 is 2.50 bits per heavy atom. The minimum Gasteiger partial charge on any atom is -0.396 e. The van der Waals surface area contributed by atoms with Crippen molar-refractivity contribution in [3.63, 3.8) is 0 Å². The molecule has 0 bridgehead atoms. The first-order valence-corrected chi connectivity index (χ1v) is 8.04. The summed E-state index contributed by atoms with van der Waals surface area (Å²) in [4.78, 5) is 11.7. The average Bonchev–Trinajstić information content (AvgIpc) is 2.47. The van der Waals surface area contributed by atoms with Gasteiger partial charge in [-0.1, -0.05) is 58.8 Å². The predicted octanol–water partition coefficient (Wildman–Crippen LogP) is 2.23. The number of amides is 1. The number of unbranched alkanes of at least 4 members (excludes halogenated alkanes) is 1. The number of hydrogen-bond acceptors (Lipinski definition) is 3. The first-order chi connectivity index (χ1) is 9.47. The quantitative estimate of drug-likeness (QED) is 0.599. The maximum absolute atomic E-state index is 11.7. The van der Waals surface area contributed by atoms with Crippen LogP contribution >= 0.6 is 0 Å². The maximum atomic E-state index is 11.7. The van der Waals surface area contributed by atoms with E-state index < -0.39 is 11.5 Å². The van der Waals surface area contributed by atoms with Gasteiger partial charge in [0.15, 0.2) is 0 Å². The van der Waals surface area contributed by atoms with E-state index in [1.165, 1.54) is 38.5 Å². The summed E-state index contributed by atoms with van der Waals surface area (Å²) < 4.78 is 0. The van der Waals surface area contributed by atoms with Crippen molar-refractivity contribution in [2.45, 2.75) is 71.3 Å². The van der Waals surface area contributed by atoms with Crippen LogP contribution in [0.5, 0.6) is 0 Å². The number of carbonyl (C=O) groups is 1. The molecule has 0 heterocycles. The van der Waals surface area contributed by atoms with Gasteiger partial charge in [0.1, 0.15) is 6.10 Å². The van der Waals surface area contributed by atoms with Crippen LogP contribution in [0.3, 0.4) is 0 Å². The SMILES string of the molecule is CC(C)(CO)C(O)C(=O)NCCCCC1CCCCC1. The average molecular weight is 285 g/mol. The summed E-state index contributed by atoms with van der Waals surface area (Å²) in [5.74, 6) is 0.514. The van der Waals surface area contributed by atoms with Crippen molar-refractivity contribution >= 4 is 5.91 Å². The van der Waals surface area contributed by atoms with E-state index in [0.29, 0.717) is 6.54 Å². The first kappa shape index (κ1) is 17.4. The summed E-state index contributed by atoms with van der Waals surface area (Å²) >= 11 is 0. The normalized spacial score (nSPS) is 18.8. The summed E-state index contributed by atoms with van der Waals surface area (Å²) in [6.45, 7) is 3.77. The molecule has 1 atom stereocenters. The molecule has 1 aliphatic rings. The van der Waals surface area contributed by atoms with E-state index in [2.05, 4.69) is 5.32 Å². The van der Waals surface area contributed by atoms with Crippen molar-refractivity contribution in [3.8, 4) is 0 Å². The van der Waals surface area contributed by atoms with Crippen LogP contribution in [0, 0.1) is 11.3 Å². The second kappa shape index (κ2) is 8.63. The highest BCUT2D eigenvalue weighted by Gasteiger charge is 2.32. The van der Waals surface area contributed by atoms with Crippen molar-refractivity contribution in [1.82, 2.24) is 5.32 Å². The largest absolute Gasteiger partial charge is 0.396 e. The van der Waals surface area contributed by atoms with Crippen LogP contribution < -0.4 is 5.32 Å². The van der Waals surface area contributed by atoms with Gasteiger partial charge in [0.05, 0.1) is 6.61 Å². The Hall–Kier alpha value is -0.610. The molecular formula is C16H31NO3. The number of rotatable bonds is 8. The molecule has 0 radical (unpaired) electrons. The Morgan fingerprint density at radius 1 is 1.25 bits per heavy atom. The van der Waals surface area contributed by atoms with E-state index >= 15 is 0 Å². The van der Waals surface area contributed by atoms with Gasteiger partial charge in [-0.25, -0.2) is 0 Å². The third-order valence-electron chi connectivity index (χ3n) is 4.46. The zero-order valence-corrected chi connectivity index (χ0v) is 13.0. The van der Waals surface area contributed by atoms with Gasteiger partial charge in [-0.3, -0.25) is 4.79 Å². The minimum absolute atomic E-state index is 0.205. The summed E-state index contributed by atoms with van der Waals surface area (Å²) in [6, 6.07) is 0. The lowest BCUT2D eigenvalue weighted by Crippen LogP contribution is -2.45. The van der Waals surface area contributed by atoms with E-state index in [-0.39, 0.29) is 12.5 Å². The second-order valence-electron chi connectivity index (χ2n) is 6.84. The molecular weight excluding hydrogens is 254 g/mol. The van der Waals surface area contributed by atoms with Crippen LogP contribution in [0.4, 0.5) is 0 Å². The van der Waals surface area contributed by atoms with Crippen molar-refractivity contribution in [2.75, 3.05) is 13.2 Å². The maximum Gasteiger partial charge on any atom is 0.249 e. The van der Waals surface area contributed by atoms with Crippen LogP contribution in [-0.2, 0) is 4.79 Å². The highest BCUT2D eigenvalue weighted by molar-refractivity contribution is 5.81. The lowest BCUT2D eigenvalue weighted by molar-refractivity contribution is -0.137. The summed E-state index contributed by atoms with van der Waals surface area (Å²) in [6.07, 6.45) is 9.12. The molecule has 1 amide bonds. The van der Waals surface area contributed by atoms with Gasteiger partial charge in [-0.2, -0.15) is 0 Å². The molecule has 4 nitrogen and oxygen atoms in total. The molecule has 0 aromatic rings. The van der Waals surface area contributed by atoms with E-state index in [1.54, 1.807) is 13.8 Å². The van der Waals surface area contributed by atoms with Gasteiger partial charge in [0.25, 0.3) is 0 Å². The van der Waals surface area contributed by atoms with Crippen molar-refractivity contribution < 1.29 is 15.0 Å². The standard InChI is InChI=1S/C16H31NO3/c1-16(2,12-18)14(19)15(20)17-11-7-6-10-13-8-4-3-5-9-13/h13-14,18-19H,3-12H2,1-2H3,(H,17,20).